The van der Waals surface area contributed by atoms with Gasteiger partial charge in [0.05, 0.1) is 11.7 Å². The number of nitrogens with one attached hydrogen (secondary N) is 1. The van der Waals surface area contributed by atoms with Crippen LogP contribution in [0.1, 0.15) is 12.8 Å². The fraction of sp³-hybridized carbons (Fsp3) is 0.278. The number of nitrogens with zero attached hydrogens (tertiary/aromatic N) is 2. The first-order chi connectivity index (χ1) is 11.2. The molecule has 0 saturated carbocycles. The van der Waals surface area contributed by atoms with E-state index in [1.165, 1.54) is 0 Å². The highest BCUT2D eigenvalue weighted by Gasteiger charge is 2.35. The monoisotopic (exact) mass is 325 g/mol. The van der Waals surface area contributed by atoms with Gasteiger partial charge >= 0.3 is 0 Å². The molecule has 1 saturated heterocycles. The molecule has 2 heterocycles. The second-order valence-electron chi connectivity index (χ2n) is 5.98. The SMILES string of the molecule is OC1(C2=C=C=CC=C2)CCN(c2cc(Cl)cc3[nH]ncc23)CC1. The van der Waals surface area contributed by atoms with Gasteiger partial charge < -0.3 is 10.0 Å². The standard InChI is InChI=1S/C18H16ClN3O/c19-14-10-16-15(12-20-21-16)17(11-14)22-8-6-18(23,7-9-22)13-4-2-1-3-5-13/h1-2,4,10-12,23H,6-9H2,(H,20,21). The first kappa shape index (κ1) is 14.4. The van der Waals surface area contributed by atoms with E-state index in [9.17, 15) is 5.11 Å². The summed E-state index contributed by atoms with van der Waals surface area (Å²) in [6.45, 7) is 1.50. The molecular weight excluding hydrogens is 310 g/mol. The van der Waals surface area contributed by atoms with Crippen LogP contribution in [-0.2, 0) is 0 Å². The van der Waals surface area contributed by atoms with Crippen LogP contribution >= 0.6 is 11.6 Å². The summed E-state index contributed by atoms with van der Waals surface area (Å²) in [7, 11) is 0. The molecule has 2 N–H and O–H groups in total. The predicted molar refractivity (Wildman–Crippen MR) is 91.7 cm³/mol. The lowest BCUT2D eigenvalue weighted by Gasteiger charge is -2.39. The maximum absolute atomic E-state index is 10.9. The van der Waals surface area contributed by atoms with Crippen LogP contribution < -0.4 is 4.90 Å². The molecule has 0 atom stereocenters. The van der Waals surface area contributed by atoms with Gasteiger partial charge in [-0.05, 0) is 37.1 Å². The number of hydrogen-bond donors (Lipinski definition) is 2. The number of halogens is 1. The summed E-state index contributed by atoms with van der Waals surface area (Å²) in [5.41, 5.74) is 7.94. The lowest BCUT2D eigenvalue weighted by molar-refractivity contribution is 0.0563. The molecule has 0 radical (unpaired) electrons. The van der Waals surface area contributed by atoms with Crippen LogP contribution in [0, 0.1) is 0 Å². The van der Waals surface area contributed by atoms with Crippen molar-refractivity contribution in [2.75, 3.05) is 18.0 Å². The third-order valence-electron chi connectivity index (χ3n) is 4.58. The highest BCUT2D eigenvalue weighted by Crippen LogP contribution is 2.36. The summed E-state index contributed by atoms with van der Waals surface area (Å²) in [4.78, 5) is 2.25. The van der Waals surface area contributed by atoms with E-state index in [1.54, 1.807) is 6.08 Å². The molecule has 1 aromatic heterocycles. The van der Waals surface area contributed by atoms with Gasteiger partial charge in [0, 0.05) is 34.8 Å². The smallest absolute Gasteiger partial charge is 0.101 e. The zero-order chi connectivity index (χ0) is 15.9. The van der Waals surface area contributed by atoms with E-state index < -0.39 is 5.60 Å². The van der Waals surface area contributed by atoms with Gasteiger partial charge in [-0.25, -0.2) is 0 Å². The Morgan fingerprint density at radius 3 is 2.87 bits per heavy atom. The first-order valence-electron chi connectivity index (χ1n) is 7.64. The molecule has 1 fully saturated rings. The van der Waals surface area contributed by atoms with E-state index in [0.717, 1.165) is 35.3 Å². The number of H-pyrrole nitrogens is 1. The van der Waals surface area contributed by atoms with Crippen LogP contribution in [0.5, 0.6) is 0 Å². The van der Waals surface area contributed by atoms with E-state index >= 15 is 0 Å². The molecule has 5 heteroatoms. The molecular formula is C18H16ClN3O. The molecule has 1 aliphatic heterocycles. The zero-order valence-corrected chi connectivity index (χ0v) is 13.3. The summed E-state index contributed by atoms with van der Waals surface area (Å²) < 4.78 is 0. The van der Waals surface area contributed by atoms with Crippen LogP contribution in [-0.4, -0.2) is 34.0 Å². The lowest BCUT2D eigenvalue weighted by Crippen LogP contribution is -2.45. The van der Waals surface area contributed by atoms with E-state index in [-0.39, 0.29) is 0 Å². The van der Waals surface area contributed by atoms with Crippen LogP contribution in [0.25, 0.3) is 10.9 Å². The van der Waals surface area contributed by atoms with Gasteiger partial charge in [-0.2, -0.15) is 5.10 Å². The van der Waals surface area contributed by atoms with Gasteiger partial charge in [0.25, 0.3) is 0 Å². The number of anilines is 1. The molecule has 0 bridgehead atoms. The number of aromatic amines is 1. The Hall–Kier alpha value is -2.22. The van der Waals surface area contributed by atoms with Crippen molar-refractivity contribution in [3.63, 3.8) is 0 Å². The first-order valence-corrected chi connectivity index (χ1v) is 8.02. The van der Waals surface area contributed by atoms with Crippen molar-refractivity contribution >= 4 is 28.2 Å². The Balaban J connectivity index is 1.62. The summed E-state index contributed by atoms with van der Waals surface area (Å²) in [6.07, 6.45) is 8.72. The number of hydrogen-bond acceptors (Lipinski definition) is 3. The second kappa shape index (κ2) is 5.45. The van der Waals surface area contributed by atoms with Crippen LogP contribution in [0.3, 0.4) is 0 Å². The molecule has 2 aromatic rings. The van der Waals surface area contributed by atoms with Crippen molar-refractivity contribution in [3.05, 3.63) is 58.6 Å². The number of benzene rings is 1. The number of rotatable bonds is 2. The molecule has 2 aliphatic rings. The molecule has 1 aromatic carbocycles. The minimum Gasteiger partial charge on any atom is -0.384 e. The molecule has 0 amide bonds. The lowest BCUT2D eigenvalue weighted by atomic mass is 9.83. The third kappa shape index (κ3) is 2.52. The molecule has 0 spiro atoms. The quantitative estimate of drug-likeness (QED) is 0.833. The summed E-state index contributed by atoms with van der Waals surface area (Å²) in [5, 5.41) is 19.7. The maximum Gasteiger partial charge on any atom is 0.101 e. The maximum atomic E-state index is 10.9. The van der Waals surface area contributed by atoms with Crippen LogP contribution in [0.15, 0.2) is 53.6 Å². The van der Waals surface area contributed by atoms with Crippen molar-refractivity contribution in [1.82, 2.24) is 10.2 Å². The average molecular weight is 326 g/mol. The molecule has 4 rings (SSSR count). The predicted octanol–water partition coefficient (Wildman–Crippen LogP) is 3.35. The van der Waals surface area contributed by atoms with Gasteiger partial charge in [0.2, 0.25) is 0 Å². The number of piperidine rings is 1. The van der Waals surface area contributed by atoms with Crippen molar-refractivity contribution in [1.29, 1.82) is 0 Å². The Morgan fingerprint density at radius 2 is 2.13 bits per heavy atom. The average Bonchev–Trinajstić information content (AvgIpc) is 3.04. The minimum absolute atomic E-state index is 0.646. The van der Waals surface area contributed by atoms with Gasteiger partial charge in [-0.15, -0.1) is 0 Å². The van der Waals surface area contributed by atoms with Gasteiger partial charge in [-0.1, -0.05) is 29.1 Å². The van der Waals surface area contributed by atoms with Gasteiger partial charge in [0.15, 0.2) is 0 Å². The van der Waals surface area contributed by atoms with E-state index in [2.05, 4.69) is 26.6 Å². The van der Waals surface area contributed by atoms with Gasteiger partial charge in [-0.3, -0.25) is 5.10 Å². The number of aliphatic hydroxyl groups is 1. The fourth-order valence-electron chi connectivity index (χ4n) is 3.27. The molecule has 4 nitrogen and oxygen atoms in total. The van der Waals surface area contributed by atoms with E-state index in [1.807, 2.05) is 30.5 Å². The third-order valence-corrected chi connectivity index (χ3v) is 4.80. The summed E-state index contributed by atoms with van der Waals surface area (Å²) in [6, 6.07) is 3.84. The minimum atomic E-state index is -0.831. The largest absolute Gasteiger partial charge is 0.384 e. The molecule has 23 heavy (non-hydrogen) atoms. The second-order valence-corrected chi connectivity index (χ2v) is 6.42. The Morgan fingerprint density at radius 1 is 1.30 bits per heavy atom. The normalized spacial score (nSPS) is 19.4. The van der Waals surface area contributed by atoms with Gasteiger partial charge in [0.1, 0.15) is 5.60 Å². The molecule has 0 unspecified atom stereocenters. The van der Waals surface area contributed by atoms with E-state index in [4.69, 9.17) is 11.6 Å². The highest BCUT2D eigenvalue weighted by molar-refractivity contribution is 6.31. The molecule has 116 valence electrons. The van der Waals surface area contributed by atoms with E-state index in [0.29, 0.717) is 17.9 Å². The fourth-order valence-corrected chi connectivity index (χ4v) is 3.48. The Kier molecular flexibility index (Phi) is 3.41. The molecule has 1 aliphatic carbocycles. The summed E-state index contributed by atoms with van der Waals surface area (Å²) >= 11 is 6.22. The van der Waals surface area contributed by atoms with Crippen molar-refractivity contribution < 1.29 is 5.11 Å². The number of aromatic nitrogens is 2. The van der Waals surface area contributed by atoms with Crippen molar-refractivity contribution in [2.24, 2.45) is 0 Å². The number of fused-ring (bicyclic) bond motifs is 1. The Bertz CT molecular complexity index is 890. The van der Waals surface area contributed by atoms with Crippen LogP contribution in [0.2, 0.25) is 5.02 Å². The van der Waals surface area contributed by atoms with Crippen LogP contribution in [0.4, 0.5) is 5.69 Å². The highest BCUT2D eigenvalue weighted by atomic mass is 35.5. The zero-order valence-electron chi connectivity index (χ0n) is 12.5. The topological polar surface area (TPSA) is 52.1 Å². The number of allylic oxidation sites excluding steroid dienone is 2. The summed E-state index contributed by atoms with van der Waals surface area (Å²) in [5.74, 6) is 0. The van der Waals surface area contributed by atoms with Crippen molar-refractivity contribution in [3.8, 4) is 0 Å². The van der Waals surface area contributed by atoms with Crippen molar-refractivity contribution in [2.45, 2.75) is 18.4 Å². The Labute approximate surface area is 139 Å².